The van der Waals surface area contributed by atoms with E-state index in [-0.39, 0.29) is 0 Å². The highest BCUT2D eigenvalue weighted by Crippen LogP contribution is 2.19. The highest BCUT2D eigenvalue weighted by atomic mass is 16.5. The molecule has 3 N–H and O–H groups in total. The monoisotopic (exact) mass is 173 g/mol. The maximum atomic E-state index is 9.32. The topological polar surface area (TPSA) is 52.5 Å². The molecule has 1 saturated carbocycles. The summed E-state index contributed by atoms with van der Waals surface area (Å²) in [6.45, 7) is 1.76. The molecule has 72 valence electrons. The average molecular weight is 173 g/mol. The molecule has 0 atom stereocenters. The Balaban J connectivity index is 2.28. The Kier molecular flexibility index (Phi) is 3.50. The number of aliphatic hydroxyl groups is 2. The van der Waals surface area contributed by atoms with Crippen LogP contribution in [0.15, 0.2) is 0 Å². The first kappa shape index (κ1) is 9.96. The molecule has 0 aromatic rings. The van der Waals surface area contributed by atoms with Crippen LogP contribution in [0.4, 0.5) is 0 Å². The molecule has 0 amide bonds. The van der Waals surface area contributed by atoms with Gasteiger partial charge in [0.1, 0.15) is 0 Å². The van der Waals surface area contributed by atoms with Crippen molar-refractivity contribution < 1.29 is 10.2 Å². The molecule has 3 heteroatoms. The average Bonchev–Trinajstić information content (AvgIpc) is 2.06. The van der Waals surface area contributed by atoms with Crippen molar-refractivity contribution in [3.8, 4) is 0 Å². The summed E-state index contributed by atoms with van der Waals surface area (Å²) in [5, 5.41) is 21.5. The Labute approximate surface area is 73.8 Å². The Bertz CT molecular complexity index is 130. The number of nitrogens with one attached hydrogen (secondary N) is 1. The SMILES string of the molecule is CCC(O)(O)NC1CCCCC1. The van der Waals surface area contributed by atoms with Crippen LogP contribution in [0.2, 0.25) is 0 Å². The summed E-state index contributed by atoms with van der Waals surface area (Å²) in [6.07, 6.45) is 6.18. The standard InChI is InChI=1S/C9H19NO2/c1-2-9(11,12)10-8-6-4-3-5-7-8/h8,10-12H,2-7H2,1H3. The fraction of sp³-hybridized carbons (Fsp3) is 1.00. The second kappa shape index (κ2) is 4.21. The van der Waals surface area contributed by atoms with Crippen LogP contribution >= 0.6 is 0 Å². The Hall–Kier alpha value is -0.120. The zero-order valence-electron chi connectivity index (χ0n) is 7.71. The first-order valence-electron chi connectivity index (χ1n) is 4.86. The van der Waals surface area contributed by atoms with Crippen LogP contribution in [-0.4, -0.2) is 22.2 Å². The van der Waals surface area contributed by atoms with Gasteiger partial charge in [0, 0.05) is 12.5 Å². The van der Waals surface area contributed by atoms with Gasteiger partial charge in [-0.05, 0) is 12.8 Å². The third-order valence-electron chi connectivity index (χ3n) is 2.53. The first-order chi connectivity index (χ1) is 5.64. The van der Waals surface area contributed by atoms with Gasteiger partial charge in [0.25, 0.3) is 0 Å². The van der Waals surface area contributed by atoms with Crippen LogP contribution in [0.1, 0.15) is 45.4 Å². The maximum Gasteiger partial charge on any atom is 0.222 e. The molecule has 1 aliphatic rings. The molecule has 0 radical (unpaired) electrons. The minimum Gasteiger partial charge on any atom is -0.353 e. The second-order valence-electron chi connectivity index (χ2n) is 3.65. The number of rotatable bonds is 3. The fourth-order valence-electron chi connectivity index (χ4n) is 1.68. The third kappa shape index (κ3) is 3.09. The van der Waals surface area contributed by atoms with Crippen LogP contribution in [0.5, 0.6) is 0 Å². The quantitative estimate of drug-likeness (QED) is 0.557. The zero-order valence-corrected chi connectivity index (χ0v) is 7.71. The molecule has 1 rings (SSSR count). The predicted molar refractivity (Wildman–Crippen MR) is 47.5 cm³/mol. The molecule has 1 aliphatic carbocycles. The second-order valence-corrected chi connectivity index (χ2v) is 3.65. The Morgan fingerprint density at radius 2 is 1.83 bits per heavy atom. The predicted octanol–water partition coefficient (Wildman–Crippen LogP) is 0.957. The van der Waals surface area contributed by atoms with E-state index in [0.29, 0.717) is 12.5 Å². The summed E-state index contributed by atoms with van der Waals surface area (Å²) in [4.78, 5) is 0. The molecule has 0 unspecified atom stereocenters. The van der Waals surface area contributed by atoms with Gasteiger partial charge in [0.05, 0.1) is 0 Å². The third-order valence-corrected chi connectivity index (χ3v) is 2.53. The molecule has 0 aromatic carbocycles. The maximum absolute atomic E-state index is 9.32. The largest absolute Gasteiger partial charge is 0.353 e. The van der Waals surface area contributed by atoms with Crippen molar-refractivity contribution in [2.75, 3.05) is 0 Å². The van der Waals surface area contributed by atoms with Gasteiger partial charge >= 0.3 is 0 Å². The van der Waals surface area contributed by atoms with Gasteiger partial charge in [0.15, 0.2) is 0 Å². The van der Waals surface area contributed by atoms with Gasteiger partial charge in [-0.15, -0.1) is 0 Å². The van der Waals surface area contributed by atoms with E-state index >= 15 is 0 Å². The van der Waals surface area contributed by atoms with E-state index in [2.05, 4.69) is 5.32 Å². The van der Waals surface area contributed by atoms with Gasteiger partial charge in [-0.2, -0.15) is 0 Å². The lowest BCUT2D eigenvalue weighted by atomic mass is 9.95. The lowest BCUT2D eigenvalue weighted by Crippen LogP contribution is -2.50. The minimum atomic E-state index is -1.65. The van der Waals surface area contributed by atoms with E-state index in [1.165, 1.54) is 19.3 Å². The zero-order chi connectivity index (χ0) is 9.03. The molecule has 0 aliphatic heterocycles. The summed E-state index contributed by atoms with van der Waals surface area (Å²) >= 11 is 0. The van der Waals surface area contributed by atoms with Crippen molar-refractivity contribution in [3.63, 3.8) is 0 Å². The summed E-state index contributed by atoms with van der Waals surface area (Å²) in [5.41, 5.74) is 0. The van der Waals surface area contributed by atoms with Crippen molar-refractivity contribution in [1.29, 1.82) is 0 Å². The highest BCUT2D eigenvalue weighted by Gasteiger charge is 2.25. The van der Waals surface area contributed by atoms with Gasteiger partial charge in [-0.3, -0.25) is 5.32 Å². The molecular weight excluding hydrogens is 154 g/mol. The summed E-state index contributed by atoms with van der Waals surface area (Å²) in [6, 6.07) is 0.300. The van der Waals surface area contributed by atoms with Gasteiger partial charge in [-0.25, -0.2) is 0 Å². The fourth-order valence-corrected chi connectivity index (χ4v) is 1.68. The summed E-state index contributed by atoms with van der Waals surface area (Å²) < 4.78 is 0. The van der Waals surface area contributed by atoms with E-state index in [0.717, 1.165) is 12.8 Å². The van der Waals surface area contributed by atoms with Crippen molar-refractivity contribution in [2.45, 2.75) is 57.4 Å². The van der Waals surface area contributed by atoms with Crippen LogP contribution in [0, 0.1) is 0 Å². The van der Waals surface area contributed by atoms with E-state index in [9.17, 15) is 10.2 Å². The van der Waals surface area contributed by atoms with Crippen molar-refractivity contribution >= 4 is 0 Å². The summed E-state index contributed by atoms with van der Waals surface area (Å²) in [7, 11) is 0. The van der Waals surface area contributed by atoms with Crippen LogP contribution < -0.4 is 5.32 Å². The van der Waals surface area contributed by atoms with Gasteiger partial charge in [-0.1, -0.05) is 26.2 Å². The first-order valence-corrected chi connectivity index (χ1v) is 4.86. The normalized spacial score (nSPS) is 21.2. The van der Waals surface area contributed by atoms with Crippen molar-refractivity contribution in [3.05, 3.63) is 0 Å². The van der Waals surface area contributed by atoms with E-state index in [1.807, 2.05) is 0 Å². The van der Waals surface area contributed by atoms with Crippen molar-refractivity contribution in [1.82, 2.24) is 5.32 Å². The molecule has 0 aromatic heterocycles. The van der Waals surface area contributed by atoms with Gasteiger partial charge in [0.2, 0.25) is 5.91 Å². The summed E-state index contributed by atoms with van der Waals surface area (Å²) in [5.74, 6) is -1.65. The molecule has 0 saturated heterocycles. The molecule has 12 heavy (non-hydrogen) atoms. The molecule has 0 bridgehead atoms. The van der Waals surface area contributed by atoms with Crippen molar-refractivity contribution in [2.24, 2.45) is 0 Å². The van der Waals surface area contributed by atoms with Crippen LogP contribution in [-0.2, 0) is 0 Å². The van der Waals surface area contributed by atoms with E-state index < -0.39 is 5.91 Å². The molecule has 0 heterocycles. The van der Waals surface area contributed by atoms with Gasteiger partial charge < -0.3 is 10.2 Å². The van der Waals surface area contributed by atoms with E-state index in [4.69, 9.17) is 0 Å². The number of hydrogen-bond donors (Lipinski definition) is 3. The number of hydrogen-bond acceptors (Lipinski definition) is 3. The Morgan fingerprint density at radius 1 is 1.25 bits per heavy atom. The lowest BCUT2D eigenvalue weighted by Gasteiger charge is -2.30. The van der Waals surface area contributed by atoms with Crippen LogP contribution in [0.25, 0.3) is 0 Å². The molecular formula is C9H19NO2. The minimum absolute atomic E-state index is 0.300. The Morgan fingerprint density at radius 3 is 2.33 bits per heavy atom. The molecule has 0 spiro atoms. The molecule has 3 nitrogen and oxygen atoms in total. The molecule has 1 fully saturated rings. The lowest BCUT2D eigenvalue weighted by molar-refractivity contribution is -0.194. The smallest absolute Gasteiger partial charge is 0.222 e. The van der Waals surface area contributed by atoms with Crippen LogP contribution in [0.3, 0.4) is 0 Å². The van der Waals surface area contributed by atoms with E-state index in [1.54, 1.807) is 6.92 Å². The highest BCUT2D eigenvalue weighted by molar-refractivity contribution is 4.75.